The molecule has 0 saturated carbocycles. The van der Waals surface area contributed by atoms with Crippen molar-refractivity contribution in [2.75, 3.05) is 12.4 Å². The Kier molecular flexibility index (Phi) is 6.33. The van der Waals surface area contributed by atoms with E-state index < -0.39 is 16.9 Å². The Morgan fingerprint density at radius 3 is 2.46 bits per heavy atom. The number of nitrogens with one attached hydrogen (secondary N) is 1. The fraction of sp³-hybridized carbons (Fsp3) is 0.212. The van der Waals surface area contributed by atoms with Crippen LogP contribution in [0.2, 0.25) is 0 Å². The van der Waals surface area contributed by atoms with E-state index in [4.69, 9.17) is 9.47 Å². The summed E-state index contributed by atoms with van der Waals surface area (Å²) in [5.74, 6) is -0.0288. The number of hydrogen-bond donors (Lipinski definition) is 1. The predicted octanol–water partition coefficient (Wildman–Crippen LogP) is 7.29. The van der Waals surface area contributed by atoms with Crippen molar-refractivity contribution in [3.8, 4) is 11.5 Å². The topological polar surface area (TPSA) is 108 Å². The molecule has 2 aliphatic rings. The van der Waals surface area contributed by atoms with Crippen molar-refractivity contribution in [2.45, 2.75) is 32.7 Å². The van der Waals surface area contributed by atoms with E-state index in [0.717, 1.165) is 45.2 Å². The Balaban J connectivity index is 1.39. The third-order valence-electron chi connectivity index (χ3n) is 7.78. The maximum absolute atomic E-state index is 13.7. The molecular weight excluding hydrogens is 520 g/mol. The minimum absolute atomic E-state index is 0.111. The summed E-state index contributed by atoms with van der Waals surface area (Å²) in [5, 5.41) is 16.8. The molecule has 1 aliphatic heterocycles. The molecule has 1 heterocycles. The molecule has 0 radical (unpaired) electrons. The van der Waals surface area contributed by atoms with Gasteiger partial charge in [0.15, 0.2) is 17.3 Å². The third-order valence-corrected chi connectivity index (χ3v) is 7.78. The number of Topliss-reactive ketones (excluding diaryl/α,β-unsaturated/α-hetero) is 1. The summed E-state index contributed by atoms with van der Waals surface area (Å²) in [4.78, 5) is 36.9. The summed E-state index contributed by atoms with van der Waals surface area (Å²) in [6.45, 7) is 4.27. The van der Waals surface area contributed by atoms with Crippen LogP contribution in [0.1, 0.15) is 54.2 Å². The van der Waals surface area contributed by atoms with Gasteiger partial charge in [0.05, 0.1) is 23.6 Å². The first-order chi connectivity index (χ1) is 19.6. The summed E-state index contributed by atoms with van der Waals surface area (Å²) >= 11 is 0. The Hall–Kier alpha value is -4.98. The Morgan fingerprint density at radius 1 is 0.976 bits per heavy atom. The van der Waals surface area contributed by atoms with Crippen molar-refractivity contribution in [1.82, 2.24) is 0 Å². The summed E-state index contributed by atoms with van der Waals surface area (Å²) in [6.07, 6.45) is 1.22. The number of nitrogens with zero attached hydrogens (tertiary/aromatic N) is 1. The lowest BCUT2D eigenvalue weighted by atomic mass is 9.68. The smallest absolute Gasteiger partial charge is 0.343 e. The van der Waals surface area contributed by atoms with E-state index in [1.165, 1.54) is 31.4 Å². The first-order valence-corrected chi connectivity index (χ1v) is 13.3. The molecule has 41 heavy (non-hydrogen) atoms. The van der Waals surface area contributed by atoms with E-state index in [1.807, 2.05) is 18.2 Å². The minimum atomic E-state index is -0.669. The van der Waals surface area contributed by atoms with Gasteiger partial charge in [-0.1, -0.05) is 50.2 Å². The molecule has 0 saturated heterocycles. The molecule has 0 amide bonds. The highest BCUT2D eigenvalue weighted by molar-refractivity contribution is 6.13. The standard InChI is InChI=1S/C33H28N2O6/c1-33(2)17-24-29-23-7-5-4-6-19(23)10-14-25(29)34-31(30(24)26(36)18-33)21-11-15-27(28(16-21)40-3)41-32(37)20-8-12-22(13-9-20)35(38)39/h4-16,31,34H,17-18H2,1-3H3/t31-/m1/s1. The fourth-order valence-corrected chi connectivity index (χ4v) is 5.91. The lowest BCUT2D eigenvalue weighted by Crippen LogP contribution is -2.33. The van der Waals surface area contributed by atoms with Crippen molar-refractivity contribution in [2.24, 2.45) is 5.41 Å². The second-order valence-electron chi connectivity index (χ2n) is 11.2. The number of nitro benzene ring substituents is 1. The van der Waals surface area contributed by atoms with Crippen molar-refractivity contribution in [3.63, 3.8) is 0 Å². The molecule has 0 spiro atoms. The van der Waals surface area contributed by atoms with Crippen LogP contribution in [0.25, 0.3) is 16.3 Å². The normalized spacial score (nSPS) is 17.3. The molecule has 0 aromatic heterocycles. The van der Waals surface area contributed by atoms with Crippen LogP contribution >= 0.6 is 0 Å². The zero-order valence-electron chi connectivity index (χ0n) is 22.9. The number of ether oxygens (including phenoxy) is 2. The van der Waals surface area contributed by atoms with Crippen LogP contribution in [0.5, 0.6) is 11.5 Å². The van der Waals surface area contributed by atoms with Crippen LogP contribution in [0.15, 0.2) is 84.4 Å². The molecule has 6 rings (SSSR count). The van der Waals surface area contributed by atoms with E-state index in [1.54, 1.807) is 12.1 Å². The highest BCUT2D eigenvalue weighted by atomic mass is 16.6. The Morgan fingerprint density at radius 2 is 1.73 bits per heavy atom. The van der Waals surface area contributed by atoms with E-state index in [0.29, 0.717) is 12.2 Å². The van der Waals surface area contributed by atoms with Gasteiger partial charge in [0.2, 0.25) is 0 Å². The maximum atomic E-state index is 13.7. The molecule has 0 unspecified atom stereocenters. The number of esters is 1. The predicted molar refractivity (Wildman–Crippen MR) is 156 cm³/mol. The van der Waals surface area contributed by atoms with Gasteiger partial charge in [0.1, 0.15) is 0 Å². The van der Waals surface area contributed by atoms with Gasteiger partial charge in [-0.2, -0.15) is 0 Å². The van der Waals surface area contributed by atoms with Gasteiger partial charge >= 0.3 is 5.97 Å². The third kappa shape index (κ3) is 4.71. The van der Waals surface area contributed by atoms with Gasteiger partial charge in [-0.25, -0.2) is 4.79 Å². The number of anilines is 1. The highest BCUT2D eigenvalue weighted by Gasteiger charge is 2.41. The van der Waals surface area contributed by atoms with Crippen molar-refractivity contribution >= 4 is 39.5 Å². The van der Waals surface area contributed by atoms with Crippen LogP contribution < -0.4 is 14.8 Å². The quantitative estimate of drug-likeness (QED) is 0.121. The van der Waals surface area contributed by atoms with Crippen LogP contribution in [-0.4, -0.2) is 23.8 Å². The fourth-order valence-electron chi connectivity index (χ4n) is 5.91. The summed E-state index contributed by atoms with van der Waals surface area (Å²) in [7, 11) is 1.48. The lowest BCUT2D eigenvalue weighted by molar-refractivity contribution is -0.384. The van der Waals surface area contributed by atoms with Gasteiger partial charge in [-0.05, 0) is 64.1 Å². The molecular formula is C33H28N2O6. The number of allylic oxidation sites excluding steroid dienone is 1. The zero-order valence-corrected chi connectivity index (χ0v) is 22.9. The number of hydrogen-bond acceptors (Lipinski definition) is 7. The first kappa shape index (κ1) is 26.3. The number of ketones is 1. The van der Waals surface area contributed by atoms with Crippen LogP contribution in [0.4, 0.5) is 11.4 Å². The highest BCUT2D eigenvalue weighted by Crippen LogP contribution is 2.52. The Labute approximate surface area is 236 Å². The molecule has 0 bridgehead atoms. The summed E-state index contributed by atoms with van der Waals surface area (Å²) in [6, 6.07) is 22.4. The number of methoxy groups -OCH3 is 1. The molecule has 0 fully saturated rings. The summed E-state index contributed by atoms with van der Waals surface area (Å²) < 4.78 is 11.2. The average molecular weight is 549 g/mol. The van der Waals surface area contributed by atoms with Gasteiger partial charge in [0, 0.05) is 35.4 Å². The van der Waals surface area contributed by atoms with E-state index in [2.05, 4.69) is 43.4 Å². The van der Waals surface area contributed by atoms with Crippen LogP contribution in [0.3, 0.4) is 0 Å². The maximum Gasteiger partial charge on any atom is 0.343 e. The first-order valence-electron chi connectivity index (χ1n) is 13.3. The largest absolute Gasteiger partial charge is 0.493 e. The number of non-ortho nitro benzene ring substituents is 1. The number of fused-ring (bicyclic) bond motifs is 4. The van der Waals surface area contributed by atoms with Crippen molar-refractivity contribution < 1.29 is 24.0 Å². The second-order valence-corrected chi connectivity index (χ2v) is 11.2. The molecule has 4 aromatic carbocycles. The van der Waals surface area contributed by atoms with Gasteiger partial charge in [-0.3, -0.25) is 14.9 Å². The van der Waals surface area contributed by atoms with Crippen molar-refractivity contribution in [3.05, 3.63) is 111 Å². The molecule has 1 N–H and O–H groups in total. The van der Waals surface area contributed by atoms with Gasteiger partial charge < -0.3 is 14.8 Å². The Bertz CT molecular complexity index is 1770. The molecule has 206 valence electrons. The molecule has 1 atom stereocenters. The zero-order chi connectivity index (χ0) is 28.9. The van der Waals surface area contributed by atoms with E-state index >= 15 is 0 Å². The molecule has 4 aromatic rings. The minimum Gasteiger partial charge on any atom is -0.493 e. The number of nitro groups is 1. The molecule has 8 heteroatoms. The monoisotopic (exact) mass is 548 g/mol. The van der Waals surface area contributed by atoms with E-state index in [9.17, 15) is 19.7 Å². The van der Waals surface area contributed by atoms with Crippen molar-refractivity contribution in [1.29, 1.82) is 0 Å². The van der Waals surface area contributed by atoms with E-state index in [-0.39, 0.29) is 28.2 Å². The van der Waals surface area contributed by atoms with Gasteiger partial charge in [0.25, 0.3) is 5.69 Å². The number of rotatable bonds is 5. The molecule has 1 aliphatic carbocycles. The SMILES string of the molecule is COc1cc([C@H]2Nc3ccc4ccccc4c3C3=C2C(=O)CC(C)(C)C3)ccc1OC(=O)c1ccc([N+](=O)[O-])cc1. The summed E-state index contributed by atoms with van der Waals surface area (Å²) in [5.41, 5.74) is 4.55. The lowest BCUT2D eigenvalue weighted by Gasteiger charge is -2.40. The van der Waals surface area contributed by atoms with Crippen LogP contribution in [-0.2, 0) is 4.79 Å². The number of carbonyl (C=O) groups is 2. The molecule has 8 nitrogen and oxygen atoms in total. The number of carbonyl (C=O) groups excluding carboxylic acids is 2. The van der Waals surface area contributed by atoms with Gasteiger partial charge in [-0.15, -0.1) is 0 Å². The average Bonchev–Trinajstić information content (AvgIpc) is 2.96. The van der Waals surface area contributed by atoms with Crippen LogP contribution in [0, 0.1) is 15.5 Å². The number of benzene rings is 4. The second kappa shape index (κ2) is 9.89.